The summed E-state index contributed by atoms with van der Waals surface area (Å²) in [6.45, 7) is 12.2. The average molecular weight is 214 g/mol. The van der Waals surface area contributed by atoms with E-state index >= 15 is 0 Å². The number of ketones is 1. The van der Waals surface area contributed by atoms with Crippen LogP contribution >= 0.6 is 0 Å². The van der Waals surface area contributed by atoms with Crippen LogP contribution in [0.3, 0.4) is 0 Å². The molecule has 0 heterocycles. The highest BCUT2D eigenvalue weighted by Crippen LogP contribution is 2.17. The summed E-state index contributed by atoms with van der Waals surface area (Å²) in [7, 11) is 0. The summed E-state index contributed by atoms with van der Waals surface area (Å²) in [5.74, 6) is 0.559. The predicted molar refractivity (Wildman–Crippen MR) is 63.9 cm³/mol. The minimum atomic E-state index is -0.227. The van der Waals surface area contributed by atoms with E-state index in [0.717, 1.165) is 12.8 Å². The second-order valence-corrected chi connectivity index (χ2v) is 4.80. The van der Waals surface area contributed by atoms with Gasteiger partial charge in [-0.1, -0.05) is 41.5 Å². The number of ether oxygens (including phenoxy) is 1. The van der Waals surface area contributed by atoms with Crippen molar-refractivity contribution in [1.29, 1.82) is 0 Å². The van der Waals surface area contributed by atoms with Crippen LogP contribution in [0.5, 0.6) is 0 Å². The van der Waals surface area contributed by atoms with Crippen LogP contribution in [0.15, 0.2) is 0 Å². The first kappa shape index (κ1) is 14.6. The van der Waals surface area contributed by atoms with Crippen molar-refractivity contribution in [2.24, 2.45) is 11.8 Å². The van der Waals surface area contributed by atoms with Gasteiger partial charge in [-0.2, -0.15) is 0 Å². The fraction of sp³-hybridized carbons (Fsp3) is 0.923. The molecule has 0 saturated carbocycles. The molecule has 0 aliphatic heterocycles. The number of Topliss-reactive ketones (excluding diaryl/α,β-unsaturated/α-hetero) is 1. The quantitative estimate of drug-likeness (QED) is 0.649. The van der Waals surface area contributed by atoms with Gasteiger partial charge in [-0.3, -0.25) is 4.79 Å². The highest BCUT2D eigenvalue weighted by atomic mass is 16.5. The molecule has 2 heteroatoms. The Kier molecular flexibility index (Phi) is 6.82. The van der Waals surface area contributed by atoms with Crippen LogP contribution in [0.2, 0.25) is 0 Å². The Morgan fingerprint density at radius 1 is 1.07 bits per heavy atom. The van der Waals surface area contributed by atoms with E-state index in [4.69, 9.17) is 4.74 Å². The lowest BCUT2D eigenvalue weighted by Gasteiger charge is -2.26. The van der Waals surface area contributed by atoms with Crippen molar-refractivity contribution in [3.8, 4) is 0 Å². The summed E-state index contributed by atoms with van der Waals surface area (Å²) in [4.78, 5) is 11.9. The van der Waals surface area contributed by atoms with Gasteiger partial charge in [0.2, 0.25) is 0 Å². The second kappa shape index (κ2) is 7.00. The van der Waals surface area contributed by atoms with Gasteiger partial charge in [-0.15, -0.1) is 0 Å². The third kappa shape index (κ3) is 4.78. The first-order valence-electron chi connectivity index (χ1n) is 6.13. The molecule has 0 amide bonds. The summed E-state index contributed by atoms with van der Waals surface area (Å²) in [5.41, 5.74) is 0. The zero-order chi connectivity index (χ0) is 12.0. The van der Waals surface area contributed by atoms with Crippen molar-refractivity contribution in [2.45, 2.75) is 66.6 Å². The van der Waals surface area contributed by atoms with E-state index in [-0.39, 0.29) is 29.8 Å². The molecule has 0 aliphatic carbocycles. The monoisotopic (exact) mass is 214 g/mol. The second-order valence-electron chi connectivity index (χ2n) is 4.80. The molecule has 0 aromatic heterocycles. The molecule has 90 valence electrons. The van der Waals surface area contributed by atoms with Gasteiger partial charge < -0.3 is 4.74 Å². The minimum Gasteiger partial charge on any atom is -0.367 e. The maximum absolute atomic E-state index is 11.9. The molecule has 0 rings (SSSR count). The van der Waals surface area contributed by atoms with Crippen LogP contribution in [0.4, 0.5) is 0 Å². The van der Waals surface area contributed by atoms with Gasteiger partial charge in [-0.05, 0) is 18.8 Å². The van der Waals surface area contributed by atoms with E-state index in [1.807, 2.05) is 27.7 Å². The Morgan fingerprint density at radius 2 is 1.53 bits per heavy atom. The van der Waals surface area contributed by atoms with Gasteiger partial charge in [-0.25, -0.2) is 0 Å². The standard InChI is InChI=1S/C13H26O2/c1-7-11(8-2)15-13(10(5)6)12(14)9(3)4/h9-11,13H,7-8H2,1-6H3/t13-/m0/s1. The molecule has 0 aliphatic rings. The Hall–Kier alpha value is -0.370. The molecule has 0 fully saturated rings. The summed E-state index contributed by atoms with van der Waals surface area (Å²) in [6.07, 6.45) is 1.95. The number of hydrogen-bond acceptors (Lipinski definition) is 2. The number of rotatable bonds is 7. The molecular formula is C13H26O2. The van der Waals surface area contributed by atoms with Gasteiger partial charge in [0.15, 0.2) is 5.78 Å². The fourth-order valence-electron chi connectivity index (χ4n) is 1.57. The molecule has 0 aromatic rings. The van der Waals surface area contributed by atoms with Crippen molar-refractivity contribution in [3.05, 3.63) is 0 Å². The molecule has 1 atom stereocenters. The summed E-state index contributed by atoms with van der Waals surface area (Å²) in [6, 6.07) is 0. The van der Waals surface area contributed by atoms with Gasteiger partial charge in [0, 0.05) is 5.92 Å². The SMILES string of the molecule is CCC(CC)O[C@H](C(=O)C(C)C)C(C)C. The van der Waals surface area contributed by atoms with E-state index in [0.29, 0.717) is 0 Å². The fourth-order valence-corrected chi connectivity index (χ4v) is 1.57. The molecule has 0 radical (unpaired) electrons. The first-order chi connectivity index (χ1) is 6.93. The molecule has 15 heavy (non-hydrogen) atoms. The molecule has 0 spiro atoms. The number of hydrogen-bond donors (Lipinski definition) is 0. The van der Waals surface area contributed by atoms with Crippen LogP contribution in [-0.4, -0.2) is 18.0 Å². The van der Waals surface area contributed by atoms with Crippen molar-refractivity contribution in [3.63, 3.8) is 0 Å². The Labute approximate surface area is 94.4 Å². The molecule has 0 N–H and O–H groups in total. The zero-order valence-corrected chi connectivity index (χ0v) is 11.0. The molecular weight excluding hydrogens is 188 g/mol. The maximum atomic E-state index is 11.9. The van der Waals surface area contributed by atoms with Gasteiger partial charge in [0.25, 0.3) is 0 Å². The van der Waals surface area contributed by atoms with Crippen molar-refractivity contribution >= 4 is 5.78 Å². The Balaban J connectivity index is 4.46. The third-order valence-electron chi connectivity index (χ3n) is 2.70. The van der Waals surface area contributed by atoms with E-state index in [1.165, 1.54) is 0 Å². The topological polar surface area (TPSA) is 26.3 Å². The summed E-state index contributed by atoms with van der Waals surface area (Å²) >= 11 is 0. The first-order valence-corrected chi connectivity index (χ1v) is 6.13. The lowest BCUT2D eigenvalue weighted by atomic mass is 9.95. The highest BCUT2D eigenvalue weighted by Gasteiger charge is 2.27. The predicted octanol–water partition coefficient (Wildman–Crippen LogP) is 3.44. The Morgan fingerprint density at radius 3 is 1.80 bits per heavy atom. The van der Waals surface area contributed by atoms with Crippen LogP contribution in [0.25, 0.3) is 0 Å². The van der Waals surface area contributed by atoms with Crippen molar-refractivity contribution in [2.75, 3.05) is 0 Å². The number of carbonyl (C=O) groups excluding carboxylic acids is 1. The molecule has 0 unspecified atom stereocenters. The van der Waals surface area contributed by atoms with Crippen molar-refractivity contribution in [1.82, 2.24) is 0 Å². The molecule has 0 aromatic carbocycles. The van der Waals surface area contributed by atoms with Crippen LogP contribution < -0.4 is 0 Å². The van der Waals surface area contributed by atoms with Crippen LogP contribution in [-0.2, 0) is 9.53 Å². The van der Waals surface area contributed by atoms with E-state index in [9.17, 15) is 4.79 Å². The normalized spacial score (nSPS) is 13.9. The zero-order valence-electron chi connectivity index (χ0n) is 11.0. The van der Waals surface area contributed by atoms with Gasteiger partial charge in [0.1, 0.15) is 6.10 Å². The van der Waals surface area contributed by atoms with Crippen molar-refractivity contribution < 1.29 is 9.53 Å². The van der Waals surface area contributed by atoms with Gasteiger partial charge in [0.05, 0.1) is 6.10 Å². The molecule has 0 bridgehead atoms. The third-order valence-corrected chi connectivity index (χ3v) is 2.70. The van der Waals surface area contributed by atoms with E-state index in [1.54, 1.807) is 0 Å². The smallest absolute Gasteiger partial charge is 0.164 e. The molecule has 2 nitrogen and oxygen atoms in total. The van der Waals surface area contributed by atoms with Crippen LogP contribution in [0.1, 0.15) is 54.4 Å². The lowest BCUT2D eigenvalue weighted by molar-refractivity contribution is -0.141. The van der Waals surface area contributed by atoms with Gasteiger partial charge >= 0.3 is 0 Å². The summed E-state index contributed by atoms with van der Waals surface area (Å²) < 4.78 is 5.88. The lowest BCUT2D eigenvalue weighted by Crippen LogP contribution is -2.36. The largest absolute Gasteiger partial charge is 0.367 e. The summed E-state index contributed by atoms with van der Waals surface area (Å²) in [5, 5.41) is 0. The minimum absolute atomic E-state index is 0.0618. The van der Waals surface area contributed by atoms with Crippen LogP contribution in [0, 0.1) is 11.8 Å². The maximum Gasteiger partial charge on any atom is 0.164 e. The Bertz CT molecular complexity index is 181. The van der Waals surface area contributed by atoms with E-state index < -0.39 is 0 Å². The molecule has 0 saturated heterocycles. The highest BCUT2D eigenvalue weighted by molar-refractivity contribution is 5.85. The number of carbonyl (C=O) groups is 1. The van der Waals surface area contributed by atoms with E-state index in [2.05, 4.69) is 13.8 Å². The average Bonchev–Trinajstić information content (AvgIpc) is 2.18.